The van der Waals surface area contributed by atoms with Crippen LogP contribution in [0, 0.1) is 13.8 Å². The fourth-order valence-electron chi connectivity index (χ4n) is 2.03. The van der Waals surface area contributed by atoms with E-state index in [1.165, 1.54) is 5.56 Å². The van der Waals surface area contributed by atoms with Crippen molar-refractivity contribution in [1.82, 2.24) is 5.32 Å². The van der Waals surface area contributed by atoms with Crippen LogP contribution < -0.4 is 5.32 Å². The van der Waals surface area contributed by atoms with Crippen molar-refractivity contribution in [1.29, 1.82) is 0 Å². The molecule has 1 amide bonds. The number of hydrogen-bond donors (Lipinski definition) is 1. The zero-order chi connectivity index (χ0) is 15.2. The van der Waals surface area contributed by atoms with Crippen LogP contribution in [0.1, 0.15) is 22.3 Å². The maximum atomic E-state index is 11.8. The number of amides is 1. The van der Waals surface area contributed by atoms with Crippen molar-refractivity contribution >= 4 is 23.6 Å². The maximum absolute atomic E-state index is 11.8. The van der Waals surface area contributed by atoms with Crippen molar-refractivity contribution in [2.45, 2.75) is 20.4 Å². The summed E-state index contributed by atoms with van der Waals surface area (Å²) in [5.74, 6) is -0.107. The van der Waals surface area contributed by atoms with E-state index >= 15 is 0 Å². The highest BCUT2D eigenvalue weighted by molar-refractivity contribution is 6.30. The molecule has 0 saturated carbocycles. The Morgan fingerprint density at radius 2 is 1.86 bits per heavy atom. The molecule has 0 aliphatic carbocycles. The zero-order valence-electron chi connectivity index (χ0n) is 12.2. The Morgan fingerprint density at radius 1 is 1.14 bits per heavy atom. The number of benzene rings is 2. The third kappa shape index (κ3) is 4.76. The zero-order valence-corrected chi connectivity index (χ0v) is 12.9. The highest BCUT2D eigenvalue weighted by atomic mass is 35.5. The summed E-state index contributed by atoms with van der Waals surface area (Å²) in [4.78, 5) is 11.8. The normalized spacial score (nSPS) is 10.8. The predicted molar refractivity (Wildman–Crippen MR) is 88.2 cm³/mol. The van der Waals surface area contributed by atoms with Crippen molar-refractivity contribution in [3.63, 3.8) is 0 Å². The Labute approximate surface area is 130 Å². The van der Waals surface area contributed by atoms with Crippen molar-refractivity contribution in [2.75, 3.05) is 0 Å². The molecule has 21 heavy (non-hydrogen) atoms. The summed E-state index contributed by atoms with van der Waals surface area (Å²) in [7, 11) is 0. The van der Waals surface area contributed by atoms with E-state index < -0.39 is 0 Å². The van der Waals surface area contributed by atoms with Gasteiger partial charge in [0.15, 0.2) is 0 Å². The molecule has 2 rings (SSSR count). The van der Waals surface area contributed by atoms with Gasteiger partial charge >= 0.3 is 0 Å². The van der Waals surface area contributed by atoms with Crippen LogP contribution in [0.4, 0.5) is 0 Å². The molecule has 2 aromatic carbocycles. The van der Waals surface area contributed by atoms with Gasteiger partial charge in [0.25, 0.3) is 0 Å². The van der Waals surface area contributed by atoms with Crippen LogP contribution >= 0.6 is 11.6 Å². The van der Waals surface area contributed by atoms with Crippen LogP contribution in [0.5, 0.6) is 0 Å². The molecule has 0 aliphatic rings. The van der Waals surface area contributed by atoms with Crippen LogP contribution in [0.3, 0.4) is 0 Å². The van der Waals surface area contributed by atoms with E-state index in [-0.39, 0.29) is 5.91 Å². The minimum Gasteiger partial charge on any atom is -0.348 e. The van der Waals surface area contributed by atoms with Gasteiger partial charge in [-0.2, -0.15) is 0 Å². The van der Waals surface area contributed by atoms with Crippen LogP contribution in [0.2, 0.25) is 5.02 Å². The minimum atomic E-state index is -0.107. The molecule has 0 aliphatic heterocycles. The first-order chi connectivity index (χ1) is 10.0. The highest BCUT2D eigenvalue weighted by Gasteiger charge is 1.99. The molecule has 0 radical (unpaired) electrons. The van der Waals surface area contributed by atoms with E-state index in [0.717, 1.165) is 16.7 Å². The first-order valence-corrected chi connectivity index (χ1v) is 7.20. The van der Waals surface area contributed by atoms with Gasteiger partial charge in [-0.25, -0.2) is 0 Å². The van der Waals surface area contributed by atoms with Gasteiger partial charge in [-0.1, -0.05) is 47.5 Å². The van der Waals surface area contributed by atoms with Gasteiger partial charge < -0.3 is 5.32 Å². The van der Waals surface area contributed by atoms with Crippen molar-refractivity contribution in [2.24, 2.45) is 0 Å². The van der Waals surface area contributed by atoms with Gasteiger partial charge in [0.2, 0.25) is 5.91 Å². The molecule has 1 N–H and O–H groups in total. The summed E-state index contributed by atoms with van der Waals surface area (Å²) < 4.78 is 0. The Hall–Kier alpha value is -2.06. The second kappa shape index (κ2) is 7.09. The lowest BCUT2D eigenvalue weighted by molar-refractivity contribution is -0.116. The van der Waals surface area contributed by atoms with Gasteiger partial charge in [-0.3, -0.25) is 4.79 Å². The number of carbonyl (C=O) groups is 1. The van der Waals surface area contributed by atoms with Crippen molar-refractivity contribution in [3.05, 3.63) is 75.8 Å². The largest absolute Gasteiger partial charge is 0.348 e. The molecule has 0 aromatic heterocycles. The number of halogens is 1. The summed E-state index contributed by atoms with van der Waals surface area (Å²) in [5, 5.41) is 3.54. The highest BCUT2D eigenvalue weighted by Crippen LogP contribution is 2.12. The van der Waals surface area contributed by atoms with Crippen LogP contribution in [0.15, 0.2) is 48.5 Å². The summed E-state index contributed by atoms with van der Waals surface area (Å²) in [6, 6.07) is 13.6. The van der Waals surface area contributed by atoms with Gasteiger partial charge in [-0.05, 0) is 48.7 Å². The van der Waals surface area contributed by atoms with E-state index in [9.17, 15) is 4.79 Å². The van der Waals surface area contributed by atoms with E-state index in [0.29, 0.717) is 11.6 Å². The van der Waals surface area contributed by atoms with E-state index in [1.807, 2.05) is 49.4 Å². The Bertz CT molecular complexity index is 659. The Balaban J connectivity index is 1.92. The van der Waals surface area contributed by atoms with Crippen LogP contribution in [-0.2, 0) is 11.3 Å². The second-order valence-corrected chi connectivity index (χ2v) is 5.47. The molecule has 0 spiro atoms. The van der Waals surface area contributed by atoms with E-state index in [1.54, 1.807) is 6.08 Å². The lowest BCUT2D eigenvalue weighted by Crippen LogP contribution is -2.20. The van der Waals surface area contributed by atoms with Gasteiger partial charge in [0.1, 0.15) is 0 Å². The lowest BCUT2D eigenvalue weighted by atomic mass is 10.1. The molecule has 2 nitrogen and oxygen atoms in total. The number of aryl methyl sites for hydroxylation is 2. The van der Waals surface area contributed by atoms with Crippen LogP contribution in [0.25, 0.3) is 6.08 Å². The van der Waals surface area contributed by atoms with E-state index in [2.05, 4.69) is 18.3 Å². The molecule has 3 heteroatoms. The number of nitrogens with one attached hydrogen (secondary N) is 1. The predicted octanol–water partition coefficient (Wildman–Crippen LogP) is 4.29. The monoisotopic (exact) mass is 299 g/mol. The maximum Gasteiger partial charge on any atom is 0.244 e. The molecule has 0 atom stereocenters. The summed E-state index contributed by atoms with van der Waals surface area (Å²) in [5.41, 5.74) is 4.46. The molecule has 0 fully saturated rings. The molecule has 108 valence electrons. The second-order valence-electron chi connectivity index (χ2n) is 5.04. The average Bonchev–Trinajstić information content (AvgIpc) is 2.46. The van der Waals surface area contributed by atoms with Crippen molar-refractivity contribution < 1.29 is 4.79 Å². The molecule has 0 saturated heterocycles. The molecule has 0 unspecified atom stereocenters. The molecular weight excluding hydrogens is 282 g/mol. The van der Waals surface area contributed by atoms with Gasteiger partial charge in [-0.15, -0.1) is 0 Å². The first kappa shape index (κ1) is 15.3. The summed E-state index contributed by atoms with van der Waals surface area (Å²) in [6.07, 6.45) is 3.40. The lowest BCUT2D eigenvalue weighted by Gasteiger charge is -2.04. The number of hydrogen-bond acceptors (Lipinski definition) is 1. The van der Waals surface area contributed by atoms with Crippen molar-refractivity contribution in [3.8, 4) is 0 Å². The standard InChI is InChI=1S/C18H18ClNO/c1-13-3-6-16(14(2)11-13)7-10-18(21)20-12-15-4-8-17(19)9-5-15/h3-11H,12H2,1-2H3,(H,20,21). The Morgan fingerprint density at radius 3 is 2.52 bits per heavy atom. The fraction of sp³-hybridized carbons (Fsp3) is 0.167. The Kier molecular flexibility index (Phi) is 5.18. The third-order valence-corrected chi connectivity index (χ3v) is 3.47. The van der Waals surface area contributed by atoms with Gasteiger partial charge in [0.05, 0.1) is 0 Å². The SMILES string of the molecule is Cc1ccc(C=CC(=O)NCc2ccc(Cl)cc2)c(C)c1. The topological polar surface area (TPSA) is 29.1 Å². The van der Waals surface area contributed by atoms with Crippen LogP contribution in [-0.4, -0.2) is 5.91 Å². The summed E-state index contributed by atoms with van der Waals surface area (Å²) in [6.45, 7) is 4.59. The minimum absolute atomic E-state index is 0.107. The number of carbonyl (C=O) groups excluding carboxylic acids is 1. The smallest absolute Gasteiger partial charge is 0.244 e. The number of rotatable bonds is 4. The molecule has 2 aromatic rings. The average molecular weight is 300 g/mol. The molecular formula is C18H18ClNO. The fourth-order valence-corrected chi connectivity index (χ4v) is 2.15. The summed E-state index contributed by atoms with van der Waals surface area (Å²) >= 11 is 5.82. The molecule has 0 bridgehead atoms. The third-order valence-electron chi connectivity index (χ3n) is 3.22. The first-order valence-electron chi connectivity index (χ1n) is 6.82. The van der Waals surface area contributed by atoms with E-state index in [4.69, 9.17) is 11.6 Å². The van der Waals surface area contributed by atoms with Gasteiger partial charge in [0, 0.05) is 17.6 Å². The molecule has 0 heterocycles. The quantitative estimate of drug-likeness (QED) is 0.839.